The maximum Gasteiger partial charge on any atom is 0.206 e. The van der Waals surface area contributed by atoms with Gasteiger partial charge in [0.25, 0.3) is 0 Å². The van der Waals surface area contributed by atoms with Crippen molar-refractivity contribution in [1.82, 2.24) is 4.68 Å². The minimum Gasteiger partial charge on any atom is -0.493 e. The normalized spacial score (nSPS) is 11.8. The second-order valence-corrected chi connectivity index (χ2v) is 6.56. The fourth-order valence-corrected chi connectivity index (χ4v) is 3.71. The molecule has 0 spiro atoms. The van der Waals surface area contributed by atoms with Crippen LogP contribution in [0.15, 0.2) is 57.9 Å². The van der Waals surface area contributed by atoms with Crippen molar-refractivity contribution in [2.45, 2.75) is 6.92 Å². The minimum atomic E-state index is 0.533. The van der Waals surface area contributed by atoms with Crippen molar-refractivity contribution < 1.29 is 14.2 Å². The zero-order chi connectivity index (χ0) is 19.9. The lowest BCUT2D eigenvalue weighted by molar-refractivity contribution is 0.324. The Labute approximate surface area is 168 Å². The molecular weight excluding hydrogens is 374 g/mol. The Morgan fingerprint density at radius 3 is 2.36 bits per heavy atom. The topological polar surface area (TPSA) is 57.3 Å². The van der Waals surface area contributed by atoms with Crippen molar-refractivity contribution in [2.24, 2.45) is 10.1 Å². The molecule has 0 aliphatic rings. The summed E-state index contributed by atoms with van der Waals surface area (Å²) >= 11 is 1.56. The van der Waals surface area contributed by atoms with Gasteiger partial charge in [-0.25, -0.2) is 4.68 Å². The molecule has 6 nitrogen and oxygen atoms in total. The van der Waals surface area contributed by atoms with E-state index in [0.717, 1.165) is 21.6 Å². The lowest BCUT2D eigenvalue weighted by Crippen LogP contribution is -2.12. The first-order chi connectivity index (χ1) is 13.7. The third-order valence-electron chi connectivity index (χ3n) is 4.10. The predicted octanol–water partition coefficient (Wildman–Crippen LogP) is 4.05. The van der Waals surface area contributed by atoms with Gasteiger partial charge in [0.1, 0.15) is 0 Å². The van der Waals surface area contributed by atoms with Crippen molar-refractivity contribution in [3.05, 3.63) is 58.2 Å². The van der Waals surface area contributed by atoms with Crippen LogP contribution in [0.1, 0.15) is 12.5 Å². The zero-order valence-electron chi connectivity index (χ0n) is 16.4. The Bertz CT molecular complexity index is 1020. The monoisotopic (exact) mass is 397 g/mol. The smallest absolute Gasteiger partial charge is 0.206 e. The molecule has 28 heavy (non-hydrogen) atoms. The van der Waals surface area contributed by atoms with E-state index in [2.05, 4.69) is 22.5 Å². The largest absolute Gasteiger partial charge is 0.493 e. The third-order valence-corrected chi connectivity index (χ3v) is 4.95. The molecule has 2 aromatic carbocycles. The quantitative estimate of drug-likeness (QED) is 0.565. The molecule has 146 valence electrons. The summed E-state index contributed by atoms with van der Waals surface area (Å²) in [7, 11) is 4.78. The maximum absolute atomic E-state index is 5.55. The van der Waals surface area contributed by atoms with Gasteiger partial charge in [0.05, 0.1) is 33.2 Å². The molecule has 0 atom stereocenters. The van der Waals surface area contributed by atoms with Gasteiger partial charge in [0.15, 0.2) is 11.5 Å². The molecule has 0 unspecified atom stereocenters. The van der Waals surface area contributed by atoms with Crippen LogP contribution in [0.3, 0.4) is 0 Å². The van der Waals surface area contributed by atoms with Gasteiger partial charge in [-0.2, -0.15) is 5.10 Å². The molecule has 0 amide bonds. The standard InChI is InChI=1S/C21H23N3O3S/c1-5-22-21-24(17(14-28-21)15-9-7-6-8-10-15)23-13-16-11-12-18(25-2)20(27-4)19(16)26-3/h6-14H,5H2,1-4H3/b22-21?,23-13-. The lowest BCUT2D eigenvalue weighted by Gasteiger charge is -2.13. The van der Waals surface area contributed by atoms with Crippen molar-refractivity contribution in [1.29, 1.82) is 0 Å². The van der Waals surface area contributed by atoms with Crippen LogP contribution in [0, 0.1) is 0 Å². The number of hydrogen-bond donors (Lipinski definition) is 0. The van der Waals surface area contributed by atoms with E-state index in [9.17, 15) is 0 Å². The molecule has 0 radical (unpaired) electrons. The molecule has 3 rings (SSSR count). The van der Waals surface area contributed by atoms with Crippen LogP contribution in [0.25, 0.3) is 11.3 Å². The fourth-order valence-electron chi connectivity index (χ4n) is 2.81. The van der Waals surface area contributed by atoms with Crippen molar-refractivity contribution in [2.75, 3.05) is 27.9 Å². The fraction of sp³-hybridized carbons (Fsp3) is 0.238. The SMILES string of the molecule is CCN=c1scc(-c2ccccc2)n1/N=C\c1ccc(OC)c(OC)c1OC. The first-order valence-electron chi connectivity index (χ1n) is 8.83. The molecule has 1 aromatic heterocycles. The van der Waals surface area contributed by atoms with E-state index in [1.165, 1.54) is 0 Å². The van der Waals surface area contributed by atoms with Gasteiger partial charge in [-0.1, -0.05) is 30.3 Å². The molecule has 1 heterocycles. The Morgan fingerprint density at radius 1 is 0.964 bits per heavy atom. The summed E-state index contributed by atoms with van der Waals surface area (Å²) in [4.78, 5) is 5.39. The molecule has 0 aliphatic carbocycles. The van der Waals surface area contributed by atoms with Crippen molar-refractivity contribution >= 4 is 17.6 Å². The Balaban J connectivity index is 2.11. The number of benzene rings is 2. The Morgan fingerprint density at radius 2 is 1.71 bits per heavy atom. The molecule has 0 saturated carbocycles. The van der Waals surface area contributed by atoms with Crippen LogP contribution >= 0.6 is 11.3 Å². The highest BCUT2D eigenvalue weighted by Gasteiger charge is 2.15. The summed E-state index contributed by atoms with van der Waals surface area (Å²) in [5.41, 5.74) is 2.83. The zero-order valence-corrected chi connectivity index (χ0v) is 17.2. The number of hydrogen-bond acceptors (Lipinski definition) is 6. The average molecular weight is 398 g/mol. The van der Waals surface area contributed by atoms with Crippen LogP contribution in [-0.4, -0.2) is 38.8 Å². The van der Waals surface area contributed by atoms with Gasteiger partial charge in [0.2, 0.25) is 10.6 Å². The Kier molecular flexibility index (Phi) is 6.49. The van der Waals surface area contributed by atoms with Gasteiger partial charge in [-0.3, -0.25) is 4.99 Å². The Hall–Kier alpha value is -3.06. The highest BCUT2D eigenvalue weighted by molar-refractivity contribution is 7.07. The van der Waals surface area contributed by atoms with Crippen molar-refractivity contribution in [3.8, 4) is 28.5 Å². The summed E-state index contributed by atoms with van der Waals surface area (Å²) < 4.78 is 18.2. The second kappa shape index (κ2) is 9.23. The van der Waals surface area contributed by atoms with Crippen LogP contribution in [0.4, 0.5) is 0 Å². The number of rotatable bonds is 7. The van der Waals surface area contributed by atoms with E-state index in [0.29, 0.717) is 23.8 Å². The number of nitrogens with zero attached hydrogens (tertiary/aromatic N) is 3. The van der Waals surface area contributed by atoms with Crippen LogP contribution < -0.4 is 19.0 Å². The molecule has 0 saturated heterocycles. The average Bonchev–Trinajstić information content (AvgIpc) is 3.14. The first kappa shape index (κ1) is 19.7. The molecule has 0 fully saturated rings. The summed E-state index contributed by atoms with van der Waals surface area (Å²) in [6.07, 6.45) is 1.74. The molecule has 0 aliphatic heterocycles. The highest BCUT2D eigenvalue weighted by atomic mass is 32.1. The van der Waals surface area contributed by atoms with Crippen LogP contribution in [0.2, 0.25) is 0 Å². The second-order valence-electron chi connectivity index (χ2n) is 5.72. The van der Waals surface area contributed by atoms with Gasteiger partial charge in [-0.05, 0) is 19.1 Å². The number of aromatic nitrogens is 1. The highest BCUT2D eigenvalue weighted by Crippen LogP contribution is 2.39. The summed E-state index contributed by atoms with van der Waals surface area (Å²) in [5, 5.41) is 6.77. The van der Waals surface area contributed by atoms with E-state index in [1.807, 2.05) is 41.9 Å². The third kappa shape index (κ3) is 3.94. The van der Waals surface area contributed by atoms with E-state index < -0.39 is 0 Å². The summed E-state index contributed by atoms with van der Waals surface area (Å²) in [5.74, 6) is 1.70. The predicted molar refractivity (Wildman–Crippen MR) is 113 cm³/mol. The maximum atomic E-state index is 5.55. The summed E-state index contributed by atoms with van der Waals surface area (Å²) in [6, 6.07) is 13.8. The molecule has 0 N–H and O–H groups in total. The van der Waals surface area contributed by atoms with E-state index in [-0.39, 0.29) is 0 Å². The molecule has 0 bridgehead atoms. The van der Waals surface area contributed by atoms with Crippen LogP contribution in [-0.2, 0) is 0 Å². The van der Waals surface area contributed by atoms with Crippen molar-refractivity contribution in [3.63, 3.8) is 0 Å². The van der Waals surface area contributed by atoms with Gasteiger partial charge < -0.3 is 14.2 Å². The molecule has 3 aromatic rings. The van der Waals surface area contributed by atoms with E-state index in [4.69, 9.17) is 19.3 Å². The van der Waals surface area contributed by atoms with E-state index >= 15 is 0 Å². The van der Waals surface area contributed by atoms with Crippen LogP contribution in [0.5, 0.6) is 17.2 Å². The van der Waals surface area contributed by atoms with Gasteiger partial charge in [0, 0.05) is 23.1 Å². The minimum absolute atomic E-state index is 0.533. The number of ether oxygens (including phenoxy) is 3. The van der Waals surface area contributed by atoms with Gasteiger partial charge >= 0.3 is 0 Å². The molecular formula is C21H23N3O3S. The van der Waals surface area contributed by atoms with E-state index in [1.54, 1.807) is 38.9 Å². The lowest BCUT2D eigenvalue weighted by atomic mass is 10.2. The number of methoxy groups -OCH3 is 3. The number of thiazole rings is 1. The first-order valence-corrected chi connectivity index (χ1v) is 9.71. The van der Waals surface area contributed by atoms with Gasteiger partial charge in [-0.15, -0.1) is 11.3 Å². The summed E-state index contributed by atoms with van der Waals surface area (Å²) in [6.45, 7) is 2.69. The molecule has 7 heteroatoms.